The summed E-state index contributed by atoms with van der Waals surface area (Å²) in [6, 6.07) is -4.49. The van der Waals surface area contributed by atoms with Gasteiger partial charge < -0.3 is 60.5 Å². The highest BCUT2D eigenvalue weighted by atomic mass is 16.2. The summed E-state index contributed by atoms with van der Waals surface area (Å²) in [5.74, 6) is -8.22. The topological polar surface area (TPSA) is 279 Å². The van der Waals surface area contributed by atoms with Crippen molar-refractivity contribution in [2.75, 3.05) is 102 Å². The quantitative estimate of drug-likeness (QED) is 0.210. The number of likely N-dealkylation sites (N-methyl/N-ethyl adjacent to an activating group) is 7. The van der Waals surface area contributed by atoms with E-state index in [9.17, 15) is 57.5 Å². The van der Waals surface area contributed by atoms with Crippen LogP contribution in [0.3, 0.4) is 0 Å². The molecule has 4 N–H and O–H groups in total. The lowest BCUT2D eigenvalue weighted by Gasteiger charge is -2.44. The van der Waals surface area contributed by atoms with Crippen molar-refractivity contribution in [3.8, 4) is 0 Å². The SMILES string of the molecule is CC[C@H](C)C1NC(=O)CN(C)C(=O)CC(C(=O)N(C)C)N(C)C(=O)CN(C)C(=O)C2(CCCC2)NC(=O)CNC(=O)CNC(=O)CN(C)C(=O)CN(C)C(=O)C2CCN2C(=O)C(C)N(C)C1=O. The summed E-state index contributed by atoms with van der Waals surface area (Å²) in [5.41, 5.74) is -1.41. The molecule has 24 nitrogen and oxygen atoms in total. The third-order valence-electron chi connectivity index (χ3n) is 12.8. The first-order valence-electron chi connectivity index (χ1n) is 22.4. The van der Waals surface area contributed by atoms with Crippen molar-refractivity contribution in [3.63, 3.8) is 0 Å². The fourth-order valence-corrected chi connectivity index (χ4v) is 7.98. The molecule has 3 fully saturated rings. The molecule has 2 saturated heterocycles. The van der Waals surface area contributed by atoms with E-state index in [4.69, 9.17) is 0 Å². The molecule has 3 aliphatic rings. The van der Waals surface area contributed by atoms with Gasteiger partial charge in [0.1, 0.15) is 29.7 Å². The maximum atomic E-state index is 14.0. The summed E-state index contributed by atoms with van der Waals surface area (Å²) in [6.07, 6.45) is 1.82. The third-order valence-corrected chi connectivity index (χ3v) is 12.8. The van der Waals surface area contributed by atoms with Crippen LogP contribution in [-0.2, 0) is 57.5 Å². The van der Waals surface area contributed by atoms with Gasteiger partial charge in [0.2, 0.25) is 70.9 Å². The van der Waals surface area contributed by atoms with Gasteiger partial charge in [-0.1, -0.05) is 33.1 Å². The summed E-state index contributed by atoms with van der Waals surface area (Å²) < 4.78 is 0. The van der Waals surface area contributed by atoms with Crippen molar-refractivity contribution >= 4 is 70.9 Å². The molecule has 3 rings (SSSR count). The van der Waals surface area contributed by atoms with Gasteiger partial charge >= 0.3 is 0 Å². The predicted molar refractivity (Wildman–Crippen MR) is 240 cm³/mol. The lowest BCUT2D eigenvalue weighted by Crippen LogP contribution is -2.63. The largest absolute Gasteiger partial charge is 0.347 e. The average molecular weight is 947 g/mol. The summed E-state index contributed by atoms with van der Waals surface area (Å²) in [5, 5.41) is 10.1. The third kappa shape index (κ3) is 14.1. The van der Waals surface area contributed by atoms with Crippen LogP contribution in [0, 0.1) is 5.92 Å². The number of hydrogen-bond donors (Lipinski definition) is 4. The van der Waals surface area contributed by atoms with Crippen LogP contribution in [0.15, 0.2) is 0 Å². The van der Waals surface area contributed by atoms with Crippen molar-refractivity contribution in [2.45, 2.75) is 95.4 Å². The smallest absolute Gasteiger partial charge is 0.248 e. The Kier molecular flexibility index (Phi) is 19.6. The first-order chi connectivity index (χ1) is 31.3. The number of carbonyl (C=O) groups excluding carboxylic acids is 12. The fraction of sp³-hybridized carbons (Fsp3) is 0.721. The van der Waals surface area contributed by atoms with Crippen LogP contribution < -0.4 is 21.3 Å². The zero-order valence-corrected chi connectivity index (χ0v) is 40.8. The fourth-order valence-electron chi connectivity index (χ4n) is 7.98. The normalized spacial score (nSPS) is 25.5. The summed E-state index contributed by atoms with van der Waals surface area (Å²) in [7, 11) is 11.0. The lowest BCUT2D eigenvalue weighted by molar-refractivity contribution is -0.158. The first-order valence-corrected chi connectivity index (χ1v) is 22.4. The molecule has 0 radical (unpaired) electrons. The molecule has 2 aliphatic heterocycles. The van der Waals surface area contributed by atoms with Gasteiger partial charge in [-0.05, 0) is 32.1 Å². The Morgan fingerprint density at radius 2 is 1.22 bits per heavy atom. The van der Waals surface area contributed by atoms with E-state index in [1.165, 1.54) is 78.0 Å². The highest BCUT2D eigenvalue weighted by molar-refractivity contribution is 5.99. The molecule has 2 heterocycles. The molecule has 0 aromatic heterocycles. The van der Waals surface area contributed by atoms with E-state index in [0.29, 0.717) is 25.7 Å². The summed E-state index contributed by atoms with van der Waals surface area (Å²) >= 11 is 0. The minimum Gasteiger partial charge on any atom is -0.347 e. The highest BCUT2D eigenvalue weighted by Gasteiger charge is 2.46. The van der Waals surface area contributed by atoms with E-state index in [1.54, 1.807) is 6.92 Å². The average Bonchev–Trinajstić information content (AvgIpc) is 3.74. The van der Waals surface area contributed by atoms with Gasteiger partial charge in [-0.15, -0.1) is 0 Å². The Bertz CT molecular complexity index is 1940. The van der Waals surface area contributed by atoms with Crippen molar-refractivity contribution in [3.05, 3.63) is 0 Å². The van der Waals surface area contributed by atoms with E-state index in [0.717, 1.165) is 24.5 Å². The minimum atomic E-state index is -1.41. The molecule has 5 atom stereocenters. The standard InChI is InChI=1S/C43H70N12O12/c1-12-26(2)37-41(66)53(10)27(3)38(63)55-18-15-28(55)40(65)51(8)24-35(61)50(7)22-32(58)45-20-30(56)44-21-31(57)47-43(16-13-14-17-43)42(67)52(9)25-36(62)54(11)29(39(64)48(4)5)19-34(60)49(6)23-33(59)46-37/h26-29,37H,12-25H2,1-11H3,(H,44,56)(H,45,58)(H,46,59)(H,47,57)/t26-,27?,28?,29?,37?/m0/s1. The van der Waals surface area contributed by atoms with Crippen LogP contribution in [0.1, 0.15) is 65.7 Å². The van der Waals surface area contributed by atoms with Crippen molar-refractivity contribution < 1.29 is 57.5 Å². The maximum absolute atomic E-state index is 14.0. The molecule has 0 aromatic carbocycles. The number of nitrogens with one attached hydrogen (secondary N) is 4. The number of hydrogen-bond acceptors (Lipinski definition) is 12. The molecule has 12 amide bonds. The van der Waals surface area contributed by atoms with Crippen LogP contribution in [0.4, 0.5) is 0 Å². The molecule has 24 heteroatoms. The molecule has 1 aliphatic carbocycles. The second kappa shape index (κ2) is 23.9. The van der Waals surface area contributed by atoms with Crippen molar-refractivity contribution in [2.24, 2.45) is 5.92 Å². The summed E-state index contributed by atoms with van der Waals surface area (Å²) in [6.45, 7) is 2.14. The Morgan fingerprint density at radius 3 is 1.79 bits per heavy atom. The van der Waals surface area contributed by atoms with Crippen LogP contribution in [-0.4, -0.2) is 242 Å². The van der Waals surface area contributed by atoms with Crippen LogP contribution in [0.5, 0.6) is 0 Å². The number of nitrogens with zero attached hydrogens (tertiary/aromatic N) is 8. The van der Waals surface area contributed by atoms with Gasteiger partial charge in [-0.3, -0.25) is 57.5 Å². The Labute approximate surface area is 391 Å². The zero-order valence-electron chi connectivity index (χ0n) is 40.8. The lowest BCUT2D eigenvalue weighted by atomic mass is 9.95. The highest BCUT2D eigenvalue weighted by Crippen LogP contribution is 2.31. The Morgan fingerprint density at radius 1 is 0.672 bits per heavy atom. The minimum absolute atomic E-state index is 0.204. The van der Waals surface area contributed by atoms with Gasteiger partial charge in [0.25, 0.3) is 0 Å². The second-order valence-electron chi connectivity index (χ2n) is 18.1. The summed E-state index contributed by atoms with van der Waals surface area (Å²) in [4.78, 5) is 170. The zero-order chi connectivity index (χ0) is 50.7. The Balaban J connectivity index is 1.91. The molecular weight excluding hydrogens is 877 g/mol. The Hall–Kier alpha value is -6.36. The van der Waals surface area contributed by atoms with Gasteiger partial charge in [-0.2, -0.15) is 0 Å². The molecule has 0 bridgehead atoms. The molecule has 67 heavy (non-hydrogen) atoms. The molecule has 374 valence electrons. The number of carbonyl (C=O) groups is 12. The maximum Gasteiger partial charge on any atom is 0.248 e. The molecule has 1 saturated carbocycles. The van der Waals surface area contributed by atoms with Crippen LogP contribution in [0.2, 0.25) is 0 Å². The van der Waals surface area contributed by atoms with E-state index in [2.05, 4.69) is 21.3 Å². The van der Waals surface area contributed by atoms with Crippen molar-refractivity contribution in [1.82, 2.24) is 60.5 Å². The first kappa shape index (κ1) is 55.0. The van der Waals surface area contributed by atoms with E-state index >= 15 is 0 Å². The van der Waals surface area contributed by atoms with Gasteiger partial charge in [0.15, 0.2) is 0 Å². The van der Waals surface area contributed by atoms with E-state index in [-0.39, 0.29) is 19.4 Å². The van der Waals surface area contributed by atoms with E-state index in [1.807, 2.05) is 6.92 Å². The molecule has 4 unspecified atom stereocenters. The number of rotatable bonds is 3. The molecule has 1 spiro atoms. The van der Waals surface area contributed by atoms with Gasteiger partial charge in [-0.25, -0.2) is 0 Å². The number of fused-ring (bicyclic) bond motifs is 1. The van der Waals surface area contributed by atoms with E-state index < -0.39 is 152 Å². The van der Waals surface area contributed by atoms with Crippen LogP contribution in [0.25, 0.3) is 0 Å². The van der Waals surface area contributed by atoms with Crippen LogP contribution >= 0.6 is 0 Å². The molecular formula is C43H70N12O12. The van der Waals surface area contributed by atoms with Gasteiger partial charge in [0.05, 0.1) is 45.7 Å². The second-order valence-corrected chi connectivity index (χ2v) is 18.1. The molecule has 0 aromatic rings. The van der Waals surface area contributed by atoms with Crippen molar-refractivity contribution in [1.29, 1.82) is 0 Å². The number of amides is 12. The monoisotopic (exact) mass is 947 g/mol. The predicted octanol–water partition coefficient (Wildman–Crippen LogP) is -4.22. The van der Waals surface area contributed by atoms with Gasteiger partial charge in [0, 0.05) is 62.9 Å².